The molecule has 4 heteroatoms. The lowest BCUT2D eigenvalue weighted by Gasteiger charge is -2.21. The number of benzene rings is 1. The average Bonchev–Trinajstić information content (AvgIpc) is 3.06. The van der Waals surface area contributed by atoms with Crippen molar-refractivity contribution in [3.05, 3.63) is 23.8 Å². The number of rotatable bonds is 5. The molecule has 0 spiro atoms. The Kier molecular flexibility index (Phi) is 3.89. The summed E-state index contributed by atoms with van der Waals surface area (Å²) in [4.78, 5) is 2.53. The molecule has 3 rings (SSSR count). The summed E-state index contributed by atoms with van der Waals surface area (Å²) < 4.78 is 10.9. The van der Waals surface area contributed by atoms with Crippen LogP contribution in [0, 0.1) is 0 Å². The molecule has 1 N–H and O–H groups in total. The van der Waals surface area contributed by atoms with Crippen LogP contribution in [0.5, 0.6) is 11.5 Å². The van der Waals surface area contributed by atoms with Crippen molar-refractivity contribution in [1.29, 1.82) is 0 Å². The van der Waals surface area contributed by atoms with Gasteiger partial charge in [0.2, 0.25) is 6.79 Å². The van der Waals surface area contributed by atoms with Gasteiger partial charge in [-0.3, -0.25) is 0 Å². The molecule has 0 radical (unpaired) electrons. The Hall–Kier alpha value is -1.26. The molecule has 1 atom stereocenters. The monoisotopic (exact) mass is 262 g/mol. The highest BCUT2D eigenvalue weighted by Crippen LogP contribution is 2.35. The molecule has 1 aromatic rings. The summed E-state index contributed by atoms with van der Waals surface area (Å²) in [5.74, 6) is 1.77. The van der Waals surface area contributed by atoms with Crippen LogP contribution in [-0.4, -0.2) is 37.4 Å². The van der Waals surface area contributed by atoms with Gasteiger partial charge in [-0.25, -0.2) is 0 Å². The summed E-state index contributed by atoms with van der Waals surface area (Å²) in [6.45, 7) is 7.07. The normalized spacial score (nSPS) is 19.8. The summed E-state index contributed by atoms with van der Waals surface area (Å²) in [5.41, 5.74) is 1.18. The zero-order valence-electron chi connectivity index (χ0n) is 11.5. The van der Waals surface area contributed by atoms with E-state index < -0.39 is 0 Å². The zero-order valence-corrected chi connectivity index (χ0v) is 11.5. The van der Waals surface area contributed by atoms with Crippen LogP contribution >= 0.6 is 0 Å². The molecule has 2 aliphatic heterocycles. The number of fused-ring (bicyclic) bond motifs is 1. The zero-order chi connectivity index (χ0) is 13.1. The van der Waals surface area contributed by atoms with E-state index >= 15 is 0 Å². The second-order valence-electron chi connectivity index (χ2n) is 5.44. The average molecular weight is 262 g/mol. The van der Waals surface area contributed by atoms with E-state index in [1.165, 1.54) is 31.5 Å². The lowest BCUT2D eigenvalue weighted by atomic mass is 10.1. The lowest BCUT2D eigenvalue weighted by molar-refractivity contribution is 0.173. The van der Waals surface area contributed by atoms with Gasteiger partial charge < -0.3 is 19.7 Å². The van der Waals surface area contributed by atoms with E-state index in [1.807, 2.05) is 12.1 Å². The summed E-state index contributed by atoms with van der Waals surface area (Å²) in [5, 5.41) is 3.58. The number of nitrogens with zero attached hydrogens (tertiary/aromatic N) is 1. The summed E-state index contributed by atoms with van der Waals surface area (Å²) >= 11 is 0. The van der Waals surface area contributed by atoms with Gasteiger partial charge in [-0.1, -0.05) is 12.1 Å². The second kappa shape index (κ2) is 5.80. The molecule has 0 aliphatic carbocycles. The van der Waals surface area contributed by atoms with Crippen molar-refractivity contribution in [1.82, 2.24) is 10.2 Å². The minimum absolute atomic E-state index is 0.343. The Bertz CT molecular complexity index is 430. The summed E-state index contributed by atoms with van der Waals surface area (Å²) in [7, 11) is 0. The third kappa shape index (κ3) is 3.01. The SMILES string of the molecule is CC(CN1CCCC1)NCc1cccc2c1OCO2. The molecule has 0 saturated carbocycles. The Morgan fingerprint density at radius 3 is 2.95 bits per heavy atom. The maximum Gasteiger partial charge on any atom is 0.231 e. The van der Waals surface area contributed by atoms with Gasteiger partial charge in [-0.15, -0.1) is 0 Å². The number of para-hydroxylation sites is 1. The fourth-order valence-electron chi connectivity index (χ4n) is 2.83. The number of hydrogen-bond acceptors (Lipinski definition) is 4. The third-order valence-corrected chi connectivity index (χ3v) is 3.85. The van der Waals surface area contributed by atoms with Gasteiger partial charge in [-0.05, 0) is 38.9 Å². The first-order valence-corrected chi connectivity index (χ1v) is 7.16. The van der Waals surface area contributed by atoms with Crippen LogP contribution in [-0.2, 0) is 6.54 Å². The van der Waals surface area contributed by atoms with E-state index in [0.29, 0.717) is 12.8 Å². The quantitative estimate of drug-likeness (QED) is 0.880. The Morgan fingerprint density at radius 1 is 1.26 bits per heavy atom. The molecule has 1 aromatic carbocycles. The first-order chi connectivity index (χ1) is 9.33. The van der Waals surface area contributed by atoms with Gasteiger partial charge in [-0.2, -0.15) is 0 Å². The van der Waals surface area contributed by atoms with E-state index in [0.717, 1.165) is 24.6 Å². The fourth-order valence-corrected chi connectivity index (χ4v) is 2.83. The minimum atomic E-state index is 0.343. The number of ether oxygens (including phenoxy) is 2. The molecule has 4 nitrogen and oxygen atoms in total. The van der Waals surface area contributed by atoms with Crippen molar-refractivity contribution in [3.8, 4) is 11.5 Å². The Balaban J connectivity index is 1.53. The van der Waals surface area contributed by atoms with E-state index in [4.69, 9.17) is 9.47 Å². The highest BCUT2D eigenvalue weighted by molar-refractivity contribution is 5.48. The van der Waals surface area contributed by atoms with Crippen molar-refractivity contribution in [2.45, 2.75) is 32.4 Å². The Morgan fingerprint density at radius 2 is 2.11 bits per heavy atom. The topological polar surface area (TPSA) is 33.7 Å². The highest BCUT2D eigenvalue weighted by atomic mass is 16.7. The molecule has 1 saturated heterocycles. The predicted octanol–water partition coefficient (Wildman–Crippen LogP) is 1.99. The smallest absolute Gasteiger partial charge is 0.231 e. The first kappa shape index (κ1) is 12.8. The van der Waals surface area contributed by atoms with Crippen molar-refractivity contribution < 1.29 is 9.47 Å². The van der Waals surface area contributed by atoms with Crippen molar-refractivity contribution in [3.63, 3.8) is 0 Å². The number of nitrogens with one attached hydrogen (secondary N) is 1. The predicted molar refractivity (Wildman–Crippen MR) is 74.5 cm³/mol. The molecule has 1 unspecified atom stereocenters. The first-order valence-electron chi connectivity index (χ1n) is 7.16. The van der Waals surface area contributed by atoms with Gasteiger partial charge in [0.25, 0.3) is 0 Å². The summed E-state index contributed by atoms with van der Waals surface area (Å²) in [6, 6.07) is 6.58. The van der Waals surface area contributed by atoms with Gasteiger partial charge in [0.1, 0.15) is 0 Å². The molecule has 19 heavy (non-hydrogen) atoms. The standard InChI is InChI=1S/C15H22N2O2/c1-12(10-17-7-2-3-8-17)16-9-13-5-4-6-14-15(13)19-11-18-14/h4-6,12,16H,2-3,7-11H2,1H3. The second-order valence-corrected chi connectivity index (χ2v) is 5.44. The van der Waals surface area contributed by atoms with Crippen molar-refractivity contribution in [2.75, 3.05) is 26.4 Å². The van der Waals surface area contributed by atoms with E-state index in [2.05, 4.69) is 23.2 Å². The molecule has 1 fully saturated rings. The molecule has 0 bridgehead atoms. The molecule has 2 aliphatic rings. The summed E-state index contributed by atoms with van der Waals surface area (Å²) in [6.07, 6.45) is 2.70. The van der Waals surface area contributed by atoms with Gasteiger partial charge in [0, 0.05) is 24.7 Å². The van der Waals surface area contributed by atoms with Crippen molar-refractivity contribution >= 4 is 0 Å². The van der Waals surface area contributed by atoms with Crippen LogP contribution in [0.4, 0.5) is 0 Å². The lowest BCUT2D eigenvalue weighted by Crippen LogP contribution is -2.37. The minimum Gasteiger partial charge on any atom is -0.454 e. The van der Waals surface area contributed by atoms with Crippen LogP contribution in [0.15, 0.2) is 18.2 Å². The maximum atomic E-state index is 5.52. The van der Waals surface area contributed by atoms with Gasteiger partial charge in [0.15, 0.2) is 11.5 Å². The fraction of sp³-hybridized carbons (Fsp3) is 0.600. The molecular weight excluding hydrogens is 240 g/mol. The van der Waals surface area contributed by atoms with Crippen LogP contribution in [0.2, 0.25) is 0 Å². The highest BCUT2D eigenvalue weighted by Gasteiger charge is 2.18. The Labute approximate surface area is 114 Å². The van der Waals surface area contributed by atoms with Crippen LogP contribution in [0.1, 0.15) is 25.3 Å². The van der Waals surface area contributed by atoms with Crippen molar-refractivity contribution in [2.24, 2.45) is 0 Å². The van der Waals surface area contributed by atoms with E-state index in [1.54, 1.807) is 0 Å². The van der Waals surface area contributed by atoms with Gasteiger partial charge >= 0.3 is 0 Å². The molecule has 0 aromatic heterocycles. The molecule has 104 valence electrons. The largest absolute Gasteiger partial charge is 0.454 e. The molecular formula is C15H22N2O2. The van der Waals surface area contributed by atoms with Crippen LogP contribution in [0.3, 0.4) is 0 Å². The number of hydrogen-bond donors (Lipinski definition) is 1. The number of likely N-dealkylation sites (tertiary alicyclic amines) is 1. The van der Waals surface area contributed by atoms with Crippen LogP contribution in [0.25, 0.3) is 0 Å². The molecule has 2 heterocycles. The van der Waals surface area contributed by atoms with E-state index in [-0.39, 0.29) is 0 Å². The van der Waals surface area contributed by atoms with Crippen LogP contribution < -0.4 is 14.8 Å². The maximum absolute atomic E-state index is 5.52. The van der Waals surface area contributed by atoms with E-state index in [9.17, 15) is 0 Å². The molecule has 0 amide bonds. The van der Waals surface area contributed by atoms with Gasteiger partial charge in [0.05, 0.1) is 0 Å². The third-order valence-electron chi connectivity index (χ3n) is 3.85.